The zero-order valence-corrected chi connectivity index (χ0v) is 14.3. The number of rotatable bonds is 7. The van der Waals surface area contributed by atoms with Crippen LogP contribution in [0.3, 0.4) is 0 Å². The number of aliphatic carboxylic acids is 1. The third-order valence-electron chi connectivity index (χ3n) is 3.42. The molecule has 0 aliphatic rings. The summed E-state index contributed by atoms with van der Waals surface area (Å²) in [5, 5.41) is 26.4. The van der Waals surface area contributed by atoms with Gasteiger partial charge in [-0.05, 0) is 24.0 Å². The topological polar surface area (TPSA) is 127 Å². The van der Waals surface area contributed by atoms with Gasteiger partial charge in [-0.1, -0.05) is 12.1 Å². The summed E-state index contributed by atoms with van der Waals surface area (Å²) in [5.74, 6) is -1.90. The minimum atomic E-state index is -1.10. The van der Waals surface area contributed by atoms with Crippen LogP contribution in [0.4, 0.5) is 5.69 Å². The first-order valence-corrected chi connectivity index (χ1v) is 8.39. The van der Waals surface area contributed by atoms with Crippen molar-refractivity contribution in [3.8, 4) is 0 Å². The van der Waals surface area contributed by atoms with E-state index >= 15 is 0 Å². The lowest BCUT2D eigenvalue weighted by molar-refractivity contribution is -0.385. The van der Waals surface area contributed by atoms with Gasteiger partial charge in [-0.25, -0.2) is 0 Å². The number of carboxylic acids is 1. The van der Waals surface area contributed by atoms with E-state index in [-0.39, 0.29) is 12.1 Å². The highest BCUT2D eigenvalue weighted by Gasteiger charge is 2.27. The molecule has 1 heterocycles. The van der Waals surface area contributed by atoms with Crippen LogP contribution in [-0.4, -0.2) is 37.9 Å². The first-order chi connectivity index (χ1) is 11.8. The number of nitro groups is 1. The molecule has 0 radical (unpaired) electrons. The Hall–Kier alpha value is -2.88. The zero-order valence-electron chi connectivity index (χ0n) is 13.5. The van der Waals surface area contributed by atoms with Gasteiger partial charge in [0.1, 0.15) is 6.20 Å². The van der Waals surface area contributed by atoms with Crippen molar-refractivity contribution in [1.29, 1.82) is 0 Å². The lowest BCUT2D eigenvalue weighted by Crippen LogP contribution is -2.31. The minimum absolute atomic E-state index is 0.356. The van der Waals surface area contributed by atoms with Gasteiger partial charge in [0.25, 0.3) is 5.91 Å². The van der Waals surface area contributed by atoms with Crippen LogP contribution in [0, 0.1) is 10.1 Å². The predicted octanol–water partition coefficient (Wildman–Crippen LogP) is 2.00. The molecule has 1 aromatic heterocycles. The summed E-state index contributed by atoms with van der Waals surface area (Å²) in [7, 11) is 1.46. The molecule has 0 aliphatic carbocycles. The number of carbonyl (C=O) groups is 2. The number of benzene rings is 1. The van der Waals surface area contributed by atoms with Gasteiger partial charge in [-0.15, -0.1) is 11.8 Å². The second kappa shape index (κ2) is 7.79. The van der Waals surface area contributed by atoms with E-state index in [4.69, 9.17) is 5.11 Å². The van der Waals surface area contributed by atoms with Crippen molar-refractivity contribution in [2.45, 2.75) is 17.4 Å². The molecule has 0 bridgehead atoms. The van der Waals surface area contributed by atoms with Crippen molar-refractivity contribution in [3.05, 3.63) is 51.8 Å². The number of carboxylic acid groups (broad SMARTS) is 1. The van der Waals surface area contributed by atoms with E-state index in [0.29, 0.717) is 5.56 Å². The van der Waals surface area contributed by atoms with Crippen molar-refractivity contribution < 1.29 is 19.6 Å². The molecule has 1 aromatic carbocycles. The molecule has 0 saturated carbocycles. The maximum absolute atomic E-state index is 12.4. The van der Waals surface area contributed by atoms with Gasteiger partial charge in [-0.3, -0.25) is 24.4 Å². The van der Waals surface area contributed by atoms with E-state index in [1.165, 1.54) is 18.8 Å². The smallest absolute Gasteiger partial charge is 0.320 e. The average Bonchev–Trinajstić information content (AvgIpc) is 2.96. The summed E-state index contributed by atoms with van der Waals surface area (Å²) in [6.45, 7) is 0. The van der Waals surface area contributed by atoms with Crippen molar-refractivity contribution in [2.75, 3.05) is 6.26 Å². The van der Waals surface area contributed by atoms with Gasteiger partial charge in [0.15, 0.2) is 0 Å². The number of aryl methyl sites for hydroxylation is 1. The van der Waals surface area contributed by atoms with Gasteiger partial charge in [0.2, 0.25) is 5.69 Å². The second-order valence-corrected chi connectivity index (χ2v) is 6.07. The summed E-state index contributed by atoms with van der Waals surface area (Å²) in [5.41, 5.74) is -0.206. The fraction of sp³-hybridized carbons (Fsp3) is 0.267. The van der Waals surface area contributed by atoms with E-state index in [0.717, 1.165) is 15.8 Å². The Kier molecular flexibility index (Phi) is 5.75. The zero-order chi connectivity index (χ0) is 18.6. The Bertz CT molecular complexity index is 803. The van der Waals surface area contributed by atoms with Crippen molar-refractivity contribution in [1.82, 2.24) is 15.1 Å². The van der Waals surface area contributed by atoms with Gasteiger partial charge < -0.3 is 10.4 Å². The Labute approximate surface area is 147 Å². The summed E-state index contributed by atoms with van der Waals surface area (Å²) in [6, 6.07) is 6.22. The van der Waals surface area contributed by atoms with Gasteiger partial charge in [-0.2, -0.15) is 5.10 Å². The second-order valence-electron chi connectivity index (χ2n) is 5.19. The number of amides is 1. The van der Waals surface area contributed by atoms with Crippen LogP contribution >= 0.6 is 11.8 Å². The maximum Gasteiger partial charge on any atom is 0.320 e. The Balaban J connectivity index is 2.28. The standard InChI is InChI=1S/C15H16N4O5S/c1-18-8-12(19(23)24)14(17-18)15(22)16-11(7-13(20)21)9-3-5-10(25-2)6-4-9/h3-6,8,11H,7H2,1-2H3,(H,16,22)(H,20,21). The highest BCUT2D eigenvalue weighted by molar-refractivity contribution is 7.98. The number of aromatic nitrogens is 2. The van der Waals surface area contributed by atoms with Crippen LogP contribution in [0.2, 0.25) is 0 Å². The van der Waals surface area contributed by atoms with Gasteiger partial charge in [0, 0.05) is 11.9 Å². The molecule has 2 aromatic rings. The molecule has 2 N–H and O–H groups in total. The normalized spacial score (nSPS) is 11.8. The van der Waals surface area contributed by atoms with E-state index in [1.54, 1.807) is 12.1 Å². The predicted molar refractivity (Wildman–Crippen MR) is 90.5 cm³/mol. The molecule has 0 saturated heterocycles. The SMILES string of the molecule is CSc1ccc(C(CC(=O)O)NC(=O)c2nn(C)cc2[N+](=O)[O-])cc1. The van der Waals surface area contributed by atoms with E-state index in [2.05, 4.69) is 10.4 Å². The van der Waals surface area contributed by atoms with Gasteiger partial charge >= 0.3 is 11.7 Å². The first kappa shape index (κ1) is 18.5. The highest BCUT2D eigenvalue weighted by atomic mass is 32.2. The molecule has 0 fully saturated rings. The average molecular weight is 364 g/mol. The number of hydrogen-bond donors (Lipinski definition) is 2. The Morgan fingerprint density at radius 2 is 2.04 bits per heavy atom. The molecular formula is C15H16N4O5S. The lowest BCUT2D eigenvalue weighted by Gasteiger charge is -2.17. The van der Waals surface area contributed by atoms with Crippen LogP contribution in [-0.2, 0) is 11.8 Å². The molecule has 10 heteroatoms. The summed E-state index contributed by atoms with van der Waals surface area (Å²) < 4.78 is 1.16. The van der Waals surface area contributed by atoms with Crippen molar-refractivity contribution >= 4 is 29.3 Å². The van der Waals surface area contributed by atoms with E-state index < -0.39 is 28.5 Å². The van der Waals surface area contributed by atoms with Crippen LogP contribution < -0.4 is 5.32 Å². The first-order valence-electron chi connectivity index (χ1n) is 7.16. The van der Waals surface area contributed by atoms with E-state index in [1.807, 2.05) is 18.4 Å². The fourth-order valence-corrected chi connectivity index (χ4v) is 2.67. The van der Waals surface area contributed by atoms with Crippen LogP contribution in [0.5, 0.6) is 0 Å². The summed E-state index contributed by atoms with van der Waals surface area (Å²) in [6.07, 6.45) is 2.67. The molecular weight excluding hydrogens is 348 g/mol. The Morgan fingerprint density at radius 1 is 1.40 bits per heavy atom. The number of nitrogens with one attached hydrogen (secondary N) is 1. The van der Waals surface area contributed by atoms with Crippen molar-refractivity contribution in [2.24, 2.45) is 7.05 Å². The monoisotopic (exact) mass is 364 g/mol. The van der Waals surface area contributed by atoms with Crippen LogP contribution in [0.15, 0.2) is 35.4 Å². The van der Waals surface area contributed by atoms with Gasteiger partial charge in [0.05, 0.1) is 17.4 Å². The molecule has 132 valence electrons. The lowest BCUT2D eigenvalue weighted by atomic mass is 10.0. The summed E-state index contributed by atoms with van der Waals surface area (Å²) in [4.78, 5) is 34.8. The highest BCUT2D eigenvalue weighted by Crippen LogP contribution is 2.23. The molecule has 25 heavy (non-hydrogen) atoms. The number of thioether (sulfide) groups is 1. The third-order valence-corrected chi connectivity index (χ3v) is 4.17. The third kappa shape index (κ3) is 4.57. The molecule has 1 atom stereocenters. The van der Waals surface area contributed by atoms with Crippen molar-refractivity contribution in [3.63, 3.8) is 0 Å². The largest absolute Gasteiger partial charge is 0.481 e. The van der Waals surface area contributed by atoms with Crippen LogP contribution in [0.1, 0.15) is 28.5 Å². The molecule has 2 rings (SSSR count). The molecule has 1 amide bonds. The van der Waals surface area contributed by atoms with E-state index in [9.17, 15) is 19.7 Å². The molecule has 0 spiro atoms. The number of hydrogen-bond acceptors (Lipinski definition) is 6. The maximum atomic E-state index is 12.4. The fourth-order valence-electron chi connectivity index (χ4n) is 2.26. The molecule has 9 nitrogen and oxygen atoms in total. The van der Waals surface area contributed by atoms with Crippen LogP contribution in [0.25, 0.3) is 0 Å². The Morgan fingerprint density at radius 3 is 2.56 bits per heavy atom. The molecule has 0 aliphatic heterocycles. The summed E-state index contributed by atoms with van der Waals surface area (Å²) >= 11 is 1.53. The quantitative estimate of drug-likeness (QED) is 0.437. The number of carbonyl (C=O) groups excluding carboxylic acids is 1. The minimum Gasteiger partial charge on any atom is -0.481 e. The molecule has 1 unspecified atom stereocenters. The number of nitrogens with zero attached hydrogens (tertiary/aromatic N) is 3.